The van der Waals surface area contributed by atoms with Gasteiger partial charge in [-0.1, -0.05) is 51.1 Å². The average molecular weight is 313 g/mol. The van der Waals surface area contributed by atoms with Crippen molar-refractivity contribution in [3.8, 4) is 0 Å². The predicted molar refractivity (Wildman–Crippen MR) is 92.9 cm³/mol. The molecule has 5 rings (SSSR count). The molecule has 1 aromatic carbocycles. The molecule has 4 heteroatoms. The molecular weight excluding hydrogens is 285 g/mol. The van der Waals surface area contributed by atoms with Crippen LogP contribution in [0.1, 0.15) is 46.1 Å². The van der Waals surface area contributed by atoms with Crippen LogP contribution in [-0.2, 0) is 15.7 Å². The molecule has 0 amide bonds. The maximum absolute atomic E-state index is 6.47. The predicted octanol–water partition coefficient (Wildman–Crippen LogP) is 3.21. The van der Waals surface area contributed by atoms with Crippen molar-refractivity contribution in [2.75, 3.05) is 0 Å². The van der Waals surface area contributed by atoms with Crippen LogP contribution in [0.3, 0.4) is 0 Å². The van der Waals surface area contributed by atoms with Gasteiger partial charge in [0.1, 0.15) is 0 Å². The van der Waals surface area contributed by atoms with E-state index in [-0.39, 0.29) is 24.8 Å². The summed E-state index contributed by atoms with van der Waals surface area (Å²) in [7, 11) is -0.288. The zero-order valence-corrected chi connectivity index (χ0v) is 14.7. The van der Waals surface area contributed by atoms with Crippen LogP contribution in [0.25, 0.3) is 0 Å². The van der Waals surface area contributed by atoms with E-state index in [1.54, 1.807) is 0 Å². The van der Waals surface area contributed by atoms with Crippen LogP contribution < -0.4 is 5.73 Å². The maximum Gasteiger partial charge on any atom is 0.475 e. The van der Waals surface area contributed by atoms with Crippen LogP contribution in [0, 0.1) is 16.7 Å². The van der Waals surface area contributed by atoms with Gasteiger partial charge in [0.15, 0.2) is 0 Å². The van der Waals surface area contributed by atoms with Gasteiger partial charge in [0, 0.05) is 5.94 Å². The van der Waals surface area contributed by atoms with E-state index in [1.165, 1.54) is 12.0 Å². The van der Waals surface area contributed by atoms with Gasteiger partial charge in [-0.25, -0.2) is 0 Å². The minimum Gasteiger partial charge on any atom is -0.404 e. The zero-order valence-electron chi connectivity index (χ0n) is 14.7. The van der Waals surface area contributed by atoms with E-state index in [0.29, 0.717) is 16.7 Å². The normalized spacial score (nSPS) is 42.0. The Morgan fingerprint density at radius 2 is 1.87 bits per heavy atom. The molecule has 0 spiro atoms. The van der Waals surface area contributed by atoms with Crippen molar-refractivity contribution in [2.24, 2.45) is 22.5 Å². The SMILES string of the molecule is CC12C[C@H]3OB([C@@H](N)Cc4ccccc4)O[C@@]3(C)[C@@H](C1)C2(C)C. The molecule has 1 aliphatic heterocycles. The Kier molecular flexibility index (Phi) is 3.30. The molecule has 4 aliphatic rings. The third-order valence-corrected chi connectivity index (χ3v) is 7.38. The van der Waals surface area contributed by atoms with Crippen molar-refractivity contribution in [3.05, 3.63) is 35.9 Å². The Labute approximate surface area is 140 Å². The van der Waals surface area contributed by atoms with E-state index in [1.807, 2.05) is 6.07 Å². The monoisotopic (exact) mass is 313 g/mol. The molecule has 3 aliphatic carbocycles. The minimum atomic E-state index is -0.288. The third kappa shape index (κ3) is 2.08. The highest BCUT2D eigenvalue weighted by Crippen LogP contribution is 2.72. The molecule has 3 nitrogen and oxygen atoms in total. The highest BCUT2D eigenvalue weighted by Gasteiger charge is 2.72. The van der Waals surface area contributed by atoms with Gasteiger partial charge in [0.25, 0.3) is 0 Å². The summed E-state index contributed by atoms with van der Waals surface area (Å²) in [6, 6.07) is 10.4. The average Bonchev–Trinajstić information content (AvgIpc) is 2.85. The van der Waals surface area contributed by atoms with E-state index in [2.05, 4.69) is 52.0 Å². The van der Waals surface area contributed by atoms with Crippen LogP contribution in [-0.4, -0.2) is 24.8 Å². The van der Waals surface area contributed by atoms with Gasteiger partial charge in [-0.05, 0) is 48.5 Å². The van der Waals surface area contributed by atoms with Crippen LogP contribution in [0.4, 0.5) is 0 Å². The van der Waals surface area contributed by atoms with Gasteiger partial charge < -0.3 is 15.0 Å². The number of hydrogen-bond acceptors (Lipinski definition) is 3. The van der Waals surface area contributed by atoms with Crippen molar-refractivity contribution in [1.29, 1.82) is 0 Å². The maximum atomic E-state index is 6.47. The third-order valence-electron chi connectivity index (χ3n) is 7.38. The second kappa shape index (κ2) is 4.84. The van der Waals surface area contributed by atoms with Crippen LogP contribution >= 0.6 is 0 Å². The van der Waals surface area contributed by atoms with Gasteiger partial charge in [0.2, 0.25) is 0 Å². The molecule has 1 unspecified atom stereocenters. The van der Waals surface area contributed by atoms with E-state index in [0.717, 1.165) is 12.8 Å². The molecule has 0 radical (unpaired) electrons. The fraction of sp³-hybridized carbons (Fsp3) is 0.684. The molecule has 1 saturated heterocycles. The van der Waals surface area contributed by atoms with E-state index in [4.69, 9.17) is 15.0 Å². The van der Waals surface area contributed by atoms with Gasteiger partial charge in [0.05, 0.1) is 11.7 Å². The fourth-order valence-corrected chi connectivity index (χ4v) is 5.31. The second-order valence-corrected chi connectivity index (χ2v) is 8.89. The summed E-state index contributed by atoms with van der Waals surface area (Å²) in [5, 5.41) is 0. The van der Waals surface area contributed by atoms with Crippen molar-refractivity contribution in [1.82, 2.24) is 0 Å². The summed E-state index contributed by atoms with van der Waals surface area (Å²) in [6.45, 7) is 9.44. The molecule has 3 saturated carbocycles. The highest BCUT2D eigenvalue weighted by atomic mass is 16.7. The van der Waals surface area contributed by atoms with Gasteiger partial charge in [-0.15, -0.1) is 0 Å². The van der Waals surface area contributed by atoms with Crippen molar-refractivity contribution in [3.63, 3.8) is 0 Å². The molecule has 124 valence electrons. The molecule has 1 aromatic rings. The van der Waals surface area contributed by atoms with Gasteiger partial charge >= 0.3 is 7.12 Å². The van der Waals surface area contributed by atoms with Crippen molar-refractivity contribution < 1.29 is 9.31 Å². The first-order valence-electron chi connectivity index (χ1n) is 8.89. The Morgan fingerprint density at radius 1 is 1.17 bits per heavy atom. The lowest BCUT2D eigenvalue weighted by Crippen LogP contribution is -2.70. The Bertz CT molecular complexity index is 607. The summed E-state index contributed by atoms with van der Waals surface area (Å²) < 4.78 is 12.8. The van der Waals surface area contributed by atoms with Crippen LogP contribution in [0.5, 0.6) is 0 Å². The number of nitrogens with two attached hydrogens (primary N) is 1. The Morgan fingerprint density at radius 3 is 2.52 bits per heavy atom. The Hall–Kier alpha value is -0.835. The smallest absolute Gasteiger partial charge is 0.404 e. The lowest BCUT2D eigenvalue weighted by molar-refractivity contribution is -0.249. The standard InChI is InChI=1S/C19H28BNO2/c1-17(2)14-11-18(17,3)12-15-19(14,4)23-20(22-15)16(21)10-13-8-6-5-7-9-13/h5-9,14-16H,10-12,21H2,1-4H3/t14-,15+,16-,18?,19-/m0/s1. The van der Waals surface area contributed by atoms with Crippen LogP contribution in [0.2, 0.25) is 0 Å². The lowest BCUT2D eigenvalue weighted by atomic mass is 9.36. The first-order valence-corrected chi connectivity index (χ1v) is 8.89. The molecule has 0 aromatic heterocycles. The molecule has 1 heterocycles. The number of hydrogen-bond donors (Lipinski definition) is 1. The molecule has 2 bridgehead atoms. The number of rotatable bonds is 3. The van der Waals surface area contributed by atoms with Gasteiger partial charge in [-0.3, -0.25) is 0 Å². The van der Waals surface area contributed by atoms with Crippen molar-refractivity contribution >= 4 is 7.12 Å². The van der Waals surface area contributed by atoms with Crippen molar-refractivity contribution in [2.45, 2.75) is 64.6 Å². The lowest BCUT2D eigenvalue weighted by Gasteiger charge is -2.70. The quantitative estimate of drug-likeness (QED) is 0.872. The topological polar surface area (TPSA) is 44.5 Å². The van der Waals surface area contributed by atoms with Crippen LogP contribution in [0.15, 0.2) is 30.3 Å². The second-order valence-electron chi connectivity index (χ2n) is 8.89. The largest absolute Gasteiger partial charge is 0.475 e. The zero-order chi connectivity index (χ0) is 16.5. The number of benzene rings is 1. The summed E-state index contributed by atoms with van der Waals surface area (Å²) in [5.41, 5.74) is 8.19. The molecular formula is C19H28BNO2. The summed E-state index contributed by atoms with van der Waals surface area (Å²) >= 11 is 0. The first kappa shape index (κ1) is 15.7. The van der Waals surface area contributed by atoms with E-state index < -0.39 is 0 Å². The molecule has 4 fully saturated rings. The molecule has 5 atom stereocenters. The van der Waals surface area contributed by atoms with Gasteiger partial charge in [-0.2, -0.15) is 0 Å². The first-order chi connectivity index (χ1) is 10.8. The summed E-state index contributed by atoms with van der Waals surface area (Å²) in [6.07, 6.45) is 3.31. The Balaban J connectivity index is 1.51. The minimum absolute atomic E-state index is 0.118. The highest BCUT2D eigenvalue weighted by molar-refractivity contribution is 6.47. The van der Waals surface area contributed by atoms with E-state index >= 15 is 0 Å². The summed E-state index contributed by atoms with van der Waals surface area (Å²) in [4.78, 5) is 0. The fourth-order valence-electron chi connectivity index (χ4n) is 5.31. The van der Waals surface area contributed by atoms with E-state index in [9.17, 15) is 0 Å². The molecule has 23 heavy (non-hydrogen) atoms. The summed E-state index contributed by atoms with van der Waals surface area (Å²) in [5.74, 6) is 0.445. The molecule has 2 N–H and O–H groups in total.